The van der Waals surface area contributed by atoms with E-state index in [4.69, 9.17) is 18.5 Å². The maximum atomic E-state index is 12.7. The lowest BCUT2D eigenvalue weighted by molar-refractivity contribution is -0.870. The Hall–Kier alpha value is -2.29. The molecule has 0 aliphatic carbocycles. The highest BCUT2D eigenvalue weighted by Gasteiger charge is 2.21. The number of phosphoric acid groups is 1. The number of likely N-dealkylation sites (N-methyl/N-ethyl adjacent to an activating group) is 1. The maximum absolute atomic E-state index is 12.7. The van der Waals surface area contributed by atoms with Gasteiger partial charge in [0.2, 0.25) is 0 Å². The van der Waals surface area contributed by atoms with Crippen molar-refractivity contribution in [1.82, 2.24) is 0 Å². The van der Waals surface area contributed by atoms with E-state index in [1.807, 2.05) is 21.1 Å². The predicted molar refractivity (Wildman–Crippen MR) is 240 cm³/mol. The first kappa shape index (κ1) is 55.7. The Morgan fingerprint density at radius 3 is 1.48 bits per heavy atom. The van der Waals surface area contributed by atoms with Gasteiger partial charge < -0.3 is 27.9 Å². The smallest absolute Gasteiger partial charge is 0.306 e. The molecule has 0 aliphatic rings. The highest BCUT2D eigenvalue weighted by atomic mass is 31.2. The van der Waals surface area contributed by atoms with Gasteiger partial charge in [-0.2, -0.15) is 0 Å². The molecule has 0 heterocycles. The van der Waals surface area contributed by atoms with Gasteiger partial charge in [0.05, 0.1) is 27.7 Å². The Balaban J connectivity index is 4.44. The van der Waals surface area contributed by atoms with Crippen molar-refractivity contribution >= 4 is 19.8 Å². The fourth-order valence-corrected chi connectivity index (χ4v) is 6.60. The van der Waals surface area contributed by atoms with Crippen LogP contribution in [-0.4, -0.2) is 70.0 Å². The maximum Gasteiger partial charge on any atom is 0.306 e. The van der Waals surface area contributed by atoms with E-state index in [1.54, 1.807) is 0 Å². The Bertz CT molecular complexity index is 1170. The number of nitrogens with zero attached hydrogens (tertiary/aromatic N) is 1. The standard InChI is InChI=1S/C48H86NO8P/c1-6-8-10-12-14-16-18-20-22-24-26-28-30-32-34-36-38-40-47(50)54-44-46(45-56-58(52,53)55-43-42-49(3,4)5)57-48(51)41-39-37-35-33-31-29-27-25-23-21-19-17-15-13-11-9-7-2/h14,16,20-23,26,28,32,34,46H,6-13,15,17-19,24-25,27,29-31,33,35-45H2,1-5H3/b16-14-,22-20-,23-21-,28-26-,34-32-/t46-/m1/s1. The van der Waals surface area contributed by atoms with Crippen LogP contribution in [0.15, 0.2) is 60.8 Å². The molecule has 336 valence electrons. The lowest BCUT2D eigenvalue weighted by Gasteiger charge is -2.28. The first-order valence-corrected chi connectivity index (χ1v) is 24.5. The van der Waals surface area contributed by atoms with Crippen molar-refractivity contribution in [1.29, 1.82) is 0 Å². The van der Waals surface area contributed by atoms with Crippen LogP contribution in [0.25, 0.3) is 0 Å². The largest absolute Gasteiger partial charge is 0.756 e. The molecule has 2 atom stereocenters. The van der Waals surface area contributed by atoms with E-state index in [9.17, 15) is 19.0 Å². The second kappa shape index (κ2) is 40.1. The zero-order valence-electron chi connectivity index (χ0n) is 37.7. The summed E-state index contributed by atoms with van der Waals surface area (Å²) < 4.78 is 33.9. The van der Waals surface area contributed by atoms with Crippen molar-refractivity contribution in [2.75, 3.05) is 47.5 Å². The van der Waals surface area contributed by atoms with Gasteiger partial charge in [-0.3, -0.25) is 14.2 Å². The van der Waals surface area contributed by atoms with Crippen LogP contribution in [0.1, 0.15) is 181 Å². The third-order valence-electron chi connectivity index (χ3n) is 9.51. The average molecular weight is 836 g/mol. The van der Waals surface area contributed by atoms with Crippen LogP contribution in [0.2, 0.25) is 0 Å². The van der Waals surface area contributed by atoms with Gasteiger partial charge in [-0.1, -0.05) is 152 Å². The first-order chi connectivity index (χ1) is 28.0. The molecule has 0 amide bonds. The van der Waals surface area contributed by atoms with E-state index < -0.39 is 32.5 Å². The summed E-state index contributed by atoms with van der Waals surface area (Å²) in [5.41, 5.74) is 0. The molecule has 1 unspecified atom stereocenters. The molecule has 0 aromatic carbocycles. The summed E-state index contributed by atoms with van der Waals surface area (Å²) in [5.74, 6) is -0.907. The molecule has 0 spiro atoms. The second-order valence-corrected chi connectivity index (χ2v) is 17.8. The number of ether oxygens (including phenoxy) is 2. The number of allylic oxidation sites excluding steroid dienone is 10. The molecule has 0 aromatic heterocycles. The lowest BCUT2D eigenvalue weighted by atomic mass is 10.1. The van der Waals surface area contributed by atoms with Crippen molar-refractivity contribution in [2.45, 2.75) is 187 Å². The number of rotatable bonds is 41. The molecule has 9 nitrogen and oxygen atoms in total. The number of esters is 2. The molecule has 0 fully saturated rings. The molecule has 10 heteroatoms. The van der Waals surface area contributed by atoms with Crippen molar-refractivity contribution in [2.24, 2.45) is 0 Å². The number of phosphoric ester groups is 1. The monoisotopic (exact) mass is 836 g/mol. The molecule has 0 radical (unpaired) electrons. The number of unbranched alkanes of at least 4 members (excludes halogenated alkanes) is 17. The quantitative estimate of drug-likeness (QED) is 0.0197. The minimum Gasteiger partial charge on any atom is -0.756 e. The van der Waals surface area contributed by atoms with Crippen molar-refractivity contribution < 1.29 is 42.1 Å². The van der Waals surface area contributed by atoms with Gasteiger partial charge in [0.15, 0.2) is 6.10 Å². The summed E-state index contributed by atoms with van der Waals surface area (Å²) in [6, 6.07) is 0. The van der Waals surface area contributed by atoms with Gasteiger partial charge in [-0.05, 0) is 77.0 Å². The van der Waals surface area contributed by atoms with E-state index in [1.165, 1.54) is 89.9 Å². The van der Waals surface area contributed by atoms with Crippen LogP contribution >= 0.6 is 7.82 Å². The SMILES string of the molecule is CCCCC/C=C\C/C=C\C/C=C\C/C=C\CCCC(=O)OC[C@H](COP(=O)([O-])OCC[N+](C)(C)C)OC(=O)CCCCCCCCC/C=C\CCCCCCCC. The third kappa shape index (κ3) is 43.3. The summed E-state index contributed by atoms with van der Waals surface area (Å²) >= 11 is 0. The van der Waals surface area contributed by atoms with Crippen LogP contribution < -0.4 is 4.89 Å². The van der Waals surface area contributed by atoms with Crippen molar-refractivity contribution in [3.05, 3.63) is 60.8 Å². The Kier molecular flexibility index (Phi) is 38.5. The van der Waals surface area contributed by atoms with Gasteiger partial charge in [0.25, 0.3) is 7.82 Å². The molecule has 0 aromatic rings. The molecule has 0 N–H and O–H groups in total. The third-order valence-corrected chi connectivity index (χ3v) is 10.5. The Morgan fingerprint density at radius 1 is 0.534 bits per heavy atom. The lowest BCUT2D eigenvalue weighted by Crippen LogP contribution is -2.37. The van der Waals surface area contributed by atoms with Crippen LogP contribution in [-0.2, 0) is 32.7 Å². The van der Waals surface area contributed by atoms with E-state index >= 15 is 0 Å². The number of carbonyl (C=O) groups excluding carboxylic acids is 2. The van der Waals surface area contributed by atoms with E-state index in [2.05, 4.69) is 74.6 Å². The van der Waals surface area contributed by atoms with Gasteiger partial charge in [-0.25, -0.2) is 0 Å². The van der Waals surface area contributed by atoms with E-state index in [0.29, 0.717) is 23.9 Å². The molecule has 0 rings (SSSR count). The van der Waals surface area contributed by atoms with Crippen molar-refractivity contribution in [3.63, 3.8) is 0 Å². The van der Waals surface area contributed by atoms with Gasteiger partial charge >= 0.3 is 11.9 Å². The van der Waals surface area contributed by atoms with Gasteiger partial charge in [-0.15, -0.1) is 0 Å². The molecular weight excluding hydrogens is 750 g/mol. The van der Waals surface area contributed by atoms with Crippen LogP contribution in [0, 0.1) is 0 Å². The summed E-state index contributed by atoms with van der Waals surface area (Å²) in [6.07, 6.45) is 48.2. The fourth-order valence-electron chi connectivity index (χ4n) is 5.88. The summed E-state index contributed by atoms with van der Waals surface area (Å²) in [7, 11) is 1.13. The number of hydrogen-bond donors (Lipinski definition) is 0. The second-order valence-electron chi connectivity index (χ2n) is 16.4. The van der Waals surface area contributed by atoms with Crippen LogP contribution in [0.3, 0.4) is 0 Å². The van der Waals surface area contributed by atoms with Crippen LogP contribution in [0.4, 0.5) is 0 Å². The molecule has 0 bridgehead atoms. The zero-order valence-corrected chi connectivity index (χ0v) is 38.6. The van der Waals surface area contributed by atoms with Crippen LogP contribution in [0.5, 0.6) is 0 Å². The zero-order chi connectivity index (χ0) is 42.8. The van der Waals surface area contributed by atoms with Gasteiger partial charge in [0.1, 0.15) is 19.8 Å². The highest BCUT2D eigenvalue weighted by Crippen LogP contribution is 2.38. The summed E-state index contributed by atoms with van der Waals surface area (Å²) in [6.45, 7) is 4.12. The molecule has 0 saturated heterocycles. The summed E-state index contributed by atoms with van der Waals surface area (Å²) in [4.78, 5) is 37.6. The van der Waals surface area contributed by atoms with E-state index in [0.717, 1.165) is 51.4 Å². The highest BCUT2D eigenvalue weighted by molar-refractivity contribution is 7.45. The van der Waals surface area contributed by atoms with Crippen molar-refractivity contribution in [3.8, 4) is 0 Å². The minimum absolute atomic E-state index is 0.0421. The molecule has 58 heavy (non-hydrogen) atoms. The Morgan fingerprint density at radius 2 is 0.948 bits per heavy atom. The predicted octanol–water partition coefficient (Wildman–Crippen LogP) is 12.6. The Labute approximate surface area is 356 Å². The average Bonchev–Trinajstić information content (AvgIpc) is 3.17. The van der Waals surface area contributed by atoms with Gasteiger partial charge in [0, 0.05) is 12.8 Å². The first-order valence-electron chi connectivity index (χ1n) is 23.0. The fraction of sp³-hybridized carbons (Fsp3) is 0.750. The molecule has 0 aliphatic heterocycles. The number of carbonyl (C=O) groups is 2. The molecule has 0 saturated carbocycles. The summed E-state index contributed by atoms with van der Waals surface area (Å²) in [5, 5.41) is 0. The normalized spacial score (nSPS) is 14.1. The van der Waals surface area contributed by atoms with E-state index in [-0.39, 0.29) is 26.1 Å². The number of quaternary nitrogens is 1. The topological polar surface area (TPSA) is 111 Å². The molecular formula is C48H86NO8P. The number of hydrogen-bond acceptors (Lipinski definition) is 8. The minimum atomic E-state index is -4.64.